The molecule has 0 bridgehead atoms. The molecular formula is C19H21BrN2O3. The summed E-state index contributed by atoms with van der Waals surface area (Å²) in [6.45, 7) is 4.18. The normalized spacial score (nSPS) is 14.8. The monoisotopic (exact) mass is 404 g/mol. The molecule has 1 heterocycles. The Bertz CT molecular complexity index is 749. The summed E-state index contributed by atoms with van der Waals surface area (Å²) in [6, 6.07) is 13.3. The zero-order chi connectivity index (χ0) is 17.8. The van der Waals surface area contributed by atoms with Crippen LogP contribution in [0.15, 0.2) is 46.9 Å². The van der Waals surface area contributed by atoms with Crippen molar-refractivity contribution < 1.29 is 14.3 Å². The van der Waals surface area contributed by atoms with E-state index in [1.807, 2.05) is 25.1 Å². The molecule has 0 saturated carbocycles. The van der Waals surface area contributed by atoms with E-state index in [2.05, 4.69) is 45.6 Å². The van der Waals surface area contributed by atoms with Gasteiger partial charge >= 0.3 is 0 Å². The molecule has 0 radical (unpaired) electrons. The molecule has 25 heavy (non-hydrogen) atoms. The molecule has 2 aromatic carbocycles. The number of nitrogens with one attached hydrogen (secondary N) is 2. The largest absolute Gasteiger partial charge is 0.454 e. The molecule has 2 aromatic rings. The fourth-order valence-corrected chi connectivity index (χ4v) is 3.01. The summed E-state index contributed by atoms with van der Waals surface area (Å²) in [5, 5.41) is 6.31. The zero-order valence-electron chi connectivity index (χ0n) is 14.2. The Hall–Kier alpha value is -2.05. The van der Waals surface area contributed by atoms with Crippen molar-refractivity contribution in [2.24, 2.45) is 0 Å². The molecule has 3 rings (SSSR count). The predicted octanol–water partition coefficient (Wildman–Crippen LogP) is 4.25. The van der Waals surface area contributed by atoms with Gasteiger partial charge in [-0.1, -0.05) is 35.0 Å². The third kappa shape index (κ3) is 4.32. The standard InChI is InChI=1S/C19H21BrN2O3/c1-3-16(13-4-6-14(20)7-5-13)21-12(2)19(23)22-15-8-9-17-18(10-15)25-11-24-17/h4-10,12,16,21H,3,11H2,1-2H3,(H,22,23)/t12-,16-/m0/s1. The Kier molecular flexibility index (Phi) is 5.60. The molecule has 2 N–H and O–H groups in total. The maximum absolute atomic E-state index is 12.5. The van der Waals surface area contributed by atoms with Crippen molar-refractivity contribution in [2.75, 3.05) is 12.1 Å². The number of anilines is 1. The van der Waals surface area contributed by atoms with E-state index < -0.39 is 0 Å². The number of carbonyl (C=O) groups excluding carboxylic acids is 1. The van der Waals surface area contributed by atoms with Gasteiger partial charge in [0, 0.05) is 22.3 Å². The van der Waals surface area contributed by atoms with Crippen LogP contribution < -0.4 is 20.1 Å². The van der Waals surface area contributed by atoms with Gasteiger partial charge in [0.15, 0.2) is 11.5 Å². The number of rotatable bonds is 6. The molecule has 0 fully saturated rings. The molecule has 0 spiro atoms. The van der Waals surface area contributed by atoms with Gasteiger partial charge in [0.1, 0.15) is 0 Å². The van der Waals surface area contributed by atoms with Crippen molar-refractivity contribution in [2.45, 2.75) is 32.4 Å². The van der Waals surface area contributed by atoms with Gasteiger partial charge in [-0.05, 0) is 43.2 Å². The van der Waals surface area contributed by atoms with Crippen molar-refractivity contribution in [1.29, 1.82) is 0 Å². The number of hydrogen-bond acceptors (Lipinski definition) is 4. The van der Waals surface area contributed by atoms with Crippen LogP contribution in [0.25, 0.3) is 0 Å². The van der Waals surface area contributed by atoms with Gasteiger partial charge in [-0.2, -0.15) is 0 Å². The molecule has 0 saturated heterocycles. The van der Waals surface area contributed by atoms with Crippen molar-refractivity contribution in [3.8, 4) is 11.5 Å². The van der Waals surface area contributed by atoms with E-state index in [0.717, 1.165) is 16.5 Å². The van der Waals surface area contributed by atoms with E-state index in [0.29, 0.717) is 17.2 Å². The first-order valence-electron chi connectivity index (χ1n) is 8.29. The predicted molar refractivity (Wildman–Crippen MR) is 101 cm³/mol. The summed E-state index contributed by atoms with van der Waals surface area (Å²) >= 11 is 3.45. The molecule has 2 atom stereocenters. The van der Waals surface area contributed by atoms with Crippen molar-refractivity contribution in [3.05, 3.63) is 52.5 Å². The lowest BCUT2D eigenvalue weighted by atomic mass is 10.0. The minimum atomic E-state index is -0.334. The number of hydrogen-bond donors (Lipinski definition) is 2. The Morgan fingerprint density at radius 3 is 2.60 bits per heavy atom. The molecule has 1 aliphatic rings. The van der Waals surface area contributed by atoms with Crippen LogP contribution in [0, 0.1) is 0 Å². The summed E-state index contributed by atoms with van der Waals surface area (Å²) in [5.74, 6) is 1.26. The van der Waals surface area contributed by atoms with Crippen LogP contribution in [0.5, 0.6) is 11.5 Å². The third-order valence-electron chi connectivity index (χ3n) is 4.17. The van der Waals surface area contributed by atoms with E-state index in [1.165, 1.54) is 0 Å². The lowest BCUT2D eigenvalue weighted by molar-refractivity contribution is -0.118. The number of carbonyl (C=O) groups is 1. The first-order chi connectivity index (χ1) is 12.1. The summed E-state index contributed by atoms with van der Waals surface area (Å²) in [4.78, 5) is 12.5. The molecule has 5 nitrogen and oxygen atoms in total. The number of ether oxygens (including phenoxy) is 2. The van der Waals surface area contributed by atoms with Crippen LogP contribution in [-0.2, 0) is 4.79 Å². The molecular weight excluding hydrogens is 384 g/mol. The fourth-order valence-electron chi connectivity index (χ4n) is 2.75. The average Bonchev–Trinajstić information content (AvgIpc) is 3.08. The van der Waals surface area contributed by atoms with Crippen molar-refractivity contribution in [1.82, 2.24) is 5.32 Å². The van der Waals surface area contributed by atoms with E-state index in [4.69, 9.17) is 9.47 Å². The quantitative estimate of drug-likeness (QED) is 0.755. The third-order valence-corrected chi connectivity index (χ3v) is 4.69. The zero-order valence-corrected chi connectivity index (χ0v) is 15.8. The fraction of sp³-hybridized carbons (Fsp3) is 0.316. The molecule has 0 aliphatic carbocycles. The highest BCUT2D eigenvalue weighted by atomic mass is 79.9. The van der Waals surface area contributed by atoms with Crippen LogP contribution in [0.4, 0.5) is 5.69 Å². The van der Waals surface area contributed by atoms with E-state index >= 15 is 0 Å². The van der Waals surface area contributed by atoms with Crippen LogP contribution >= 0.6 is 15.9 Å². The van der Waals surface area contributed by atoms with Gasteiger partial charge in [-0.25, -0.2) is 0 Å². The van der Waals surface area contributed by atoms with E-state index in [9.17, 15) is 4.79 Å². The average molecular weight is 405 g/mol. The summed E-state index contributed by atoms with van der Waals surface area (Å²) in [6.07, 6.45) is 0.892. The number of amides is 1. The van der Waals surface area contributed by atoms with Gasteiger partial charge in [-0.3, -0.25) is 10.1 Å². The lowest BCUT2D eigenvalue weighted by Gasteiger charge is -2.22. The van der Waals surface area contributed by atoms with E-state index in [-0.39, 0.29) is 24.8 Å². The molecule has 132 valence electrons. The number of halogens is 1. The van der Waals surface area contributed by atoms with Crippen LogP contribution in [0.3, 0.4) is 0 Å². The van der Waals surface area contributed by atoms with Gasteiger partial charge in [0.05, 0.1) is 6.04 Å². The van der Waals surface area contributed by atoms with Gasteiger partial charge < -0.3 is 14.8 Å². The second-order valence-electron chi connectivity index (χ2n) is 5.96. The summed E-state index contributed by atoms with van der Waals surface area (Å²) in [5.41, 5.74) is 1.85. The highest BCUT2D eigenvalue weighted by Crippen LogP contribution is 2.34. The summed E-state index contributed by atoms with van der Waals surface area (Å²) < 4.78 is 11.7. The number of benzene rings is 2. The van der Waals surface area contributed by atoms with Crippen LogP contribution in [0.1, 0.15) is 31.9 Å². The highest BCUT2D eigenvalue weighted by Gasteiger charge is 2.19. The summed E-state index contributed by atoms with van der Waals surface area (Å²) in [7, 11) is 0. The van der Waals surface area contributed by atoms with Gasteiger partial charge in [-0.15, -0.1) is 0 Å². The molecule has 0 unspecified atom stereocenters. The van der Waals surface area contributed by atoms with Crippen molar-refractivity contribution in [3.63, 3.8) is 0 Å². The Morgan fingerprint density at radius 2 is 1.88 bits per heavy atom. The molecule has 6 heteroatoms. The Balaban J connectivity index is 1.62. The smallest absolute Gasteiger partial charge is 0.241 e. The lowest BCUT2D eigenvalue weighted by Crippen LogP contribution is -2.40. The first-order valence-corrected chi connectivity index (χ1v) is 9.08. The van der Waals surface area contributed by atoms with Crippen molar-refractivity contribution >= 4 is 27.5 Å². The van der Waals surface area contributed by atoms with E-state index in [1.54, 1.807) is 12.1 Å². The Morgan fingerprint density at radius 1 is 1.16 bits per heavy atom. The SMILES string of the molecule is CC[C@H](N[C@@H](C)C(=O)Nc1ccc2c(c1)OCO2)c1ccc(Br)cc1. The maximum atomic E-state index is 12.5. The number of fused-ring (bicyclic) bond motifs is 1. The second kappa shape index (κ2) is 7.89. The Labute approximate surface area is 155 Å². The van der Waals surface area contributed by atoms with Crippen LogP contribution in [-0.4, -0.2) is 18.7 Å². The molecule has 1 aliphatic heterocycles. The minimum Gasteiger partial charge on any atom is -0.454 e. The molecule has 1 amide bonds. The van der Waals surface area contributed by atoms with Gasteiger partial charge in [0.2, 0.25) is 12.7 Å². The molecule has 0 aromatic heterocycles. The van der Waals surface area contributed by atoms with Crippen LogP contribution in [0.2, 0.25) is 0 Å². The highest BCUT2D eigenvalue weighted by molar-refractivity contribution is 9.10. The minimum absolute atomic E-state index is 0.0885. The maximum Gasteiger partial charge on any atom is 0.241 e. The topological polar surface area (TPSA) is 59.6 Å². The first kappa shape index (κ1) is 17.8. The second-order valence-corrected chi connectivity index (χ2v) is 6.87. The van der Waals surface area contributed by atoms with Gasteiger partial charge in [0.25, 0.3) is 0 Å².